The lowest BCUT2D eigenvalue weighted by atomic mass is 9.90. The molecule has 94 valence electrons. The van der Waals surface area contributed by atoms with Crippen molar-refractivity contribution in [3.05, 3.63) is 30.1 Å². The van der Waals surface area contributed by atoms with Crippen LogP contribution in [0.2, 0.25) is 0 Å². The van der Waals surface area contributed by atoms with Crippen LogP contribution in [0, 0.1) is 5.92 Å². The molecular formula is C14H23N3. The Morgan fingerprint density at radius 1 is 1.41 bits per heavy atom. The van der Waals surface area contributed by atoms with E-state index in [1.807, 2.05) is 18.3 Å². The van der Waals surface area contributed by atoms with Gasteiger partial charge in [0.2, 0.25) is 0 Å². The van der Waals surface area contributed by atoms with E-state index in [0.29, 0.717) is 6.04 Å². The highest BCUT2D eigenvalue weighted by atomic mass is 15.1. The summed E-state index contributed by atoms with van der Waals surface area (Å²) in [5, 5.41) is 3.60. The van der Waals surface area contributed by atoms with Crippen LogP contribution in [-0.2, 0) is 6.54 Å². The van der Waals surface area contributed by atoms with Crippen molar-refractivity contribution in [2.75, 3.05) is 20.1 Å². The quantitative estimate of drug-likeness (QED) is 0.861. The molecular weight excluding hydrogens is 210 g/mol. The Labute approximate surface area is 104 Å². The molecule has 2 rings (SSSR count). The zero-order valence-electron chi connectivity index (χ0n) is 10.9. The van der Waals surface area contributed by atoms with Gasteiger partial charge in [-0.3, -0.25) is 4.98 Å². The molecule has 2 heterocycles. The molecule has 1 fully saturated rings. The third-order valence-corrected chi connectivity index (χ3v) is 3.80. The molecule has 3 nitrogen and oxygen atoms in total. The summed E-state index contributed by atoms with van der Waals surface area (Å²) in [6.45, 7) is 5.66. The van der Waals surface area contributed by atoms with Gasteiger partial charge in [-0.05, 0) is 58.0 Å². The van der Waals surface area contributed by atoms with Gasteiger partial charge in [0, 0.05) is 18.8 Å². The fourth-order valence-electron chi connectivity index (χ4n) is 2.46. The minimum atomic E-state index is 0.589. The van der Waals surface area contributed by atoms with Gasteiger partial charge in [0.1, 0.15) is 0 Å². The highest BCUT2D eigenvalue weighted by Gasteiger charge is 2.21. The number of rotatable bonds is 4. The summed E-state index contributed by atoms with van der Waals surface area (Å²) in [7, 11) is 2.21. The van der Waals surface area contributed by atoms with Crippen LogP contribution in [0.1, 0.15) is 25.5 Å². The molecule has 1 aromatic heterocycles. The second-order valence-electron chi connectivity index (χ2n) is 5.13. The van der Waals surface area contributed by atoms with E-state index in [-0.39, 0.29) is 0 Å². The largest absolute Gasteiger partial charge is 0.308 e. The molecule has 17 heavy (non-hydrogen) atoms. The van der Waals surface area contributed by atoms with Crippen molar-refractivity contribution in [2.45, 2.75) is 32.4 Å². The van der Waals surface area contributed by atoms with Crippen LogP contribution in [0.4, 0.5) is 0 Å². The molecule has 1 aromatic rings. The first kappa shape index (κ1) is 12.5. The van der Waals surface area contributed by atoms with Crippen molar-refractivity contribution < 1.29 is 0 Å². The van der Waals surface area contributed by atoms with Crippen LogP contribution in [0.25, 0.3) is 0 Å². The molecule has 0 aliphatic carbocycles. The number of hydrogen-bond donors (Lipinski definition) is 1. The third-order valence-electron chi connectivity index (χ3n) is 3.80. The van der Waals surface area contributed by atoms with Crippen LogP contribution in [0.3, 0.4) is 0 Å². The fraction of sp³-hybridized carbons (Fsp3) is 0.643. The predicted octanol–water partition coefficient (Wildman–Crippen LogP) is 1.90. The maximum Gasteiger partial charge on any atom is 0.0541 e. The van der Waals surface area contributed by atoms with Gasteiger partial charge < -0.3 is 10.2 Å². The first-order chi connectivity index (χ1) is 8.25. The molecule has 0 bridgehead atoms. The van der Waals surface area contributed by atoms with E-state index in [2.05, 4.69) is 35.2 Å². The van der Waals surface area contributed by atoms with Crippen LogP contribution in [0.5, 0.6) is 0 Å². The zero-order valence-corrected chi connectivity index (χ0v) is 10.9. The Morgan fingerprint density at radius 2 is 2.18 bits per heavy atom. The van der Waals surface area contributed by atoms with Crippen molar-refractivity contribution in [3.8, 4) is 0 Å². The average Bonchev–Trinajstić information content (AvgIpc) is 2.38. The number of piperidine rings is 1. The summed E-state index contributed by atoms with van der Waals surface area (Å²) in [4.78, 5) is 6.76. The number of nitrogens with one attached hydrogen (secondary N) is 1. The molecule has 3 heteroatoms. The molecule has 0 spiro atoms. The summed E-state index contributed by atoms with van der Waals surface area (Å²) < 4.78 is 0. The van der Waals surface area contributed by atoms with Gasteiger partial charge in [-0.2, -0.15) is 0 Å². The van der Waals surface area contributed by atoms with Gasteiger partial charge in [-0.1, -0.05) is 6.07 Å². The molecule has 0 amide bonds. The van der Waals surface area contributed by atoms with Gasteiger partial charge in [0.15, 0.2) is 0 Å². The van der Waals surface area contributed by atoms with Crippen molar-refractivity contribution in [1.29, 1.82) is 0 Å². The summed E-state index contributed by atoms with van der Waals surface area (Å²) in [6.07, 6.45) is 4.48. The molecule has 1 aliphatic heterocycles. The number of aromatic nitrogens is 1. The maximum absolute atomic E-state index is 4.34. The van der Waals surface area contributed by atoms with E-state index in [1.165, 1.54) is 25.9 Å². The average molecular weight is 233 g/mol. The summed E-state index contributed by atoms with van der Waals surface area (Å²) in [5.41, 5.74) is 1.13. The molecule has 1 N–H and O–H groups in total. The normalized spacial score (nSPS) is 20.4. The molecule has 1 aliphatic rings. The van der Waals surface area contributed by atoms with Crippen molar-refractivity contribution in [3.63, 3.8) is 0 Å². The smallest absolute Gasteiger partial charge is 0.0541 e. The molecule has 0 saturated carbocycles. The van der Waals surface area contributed by atoms with Crippen molar-refractivity contribution in [2.24, 2.45) is 5.92 Å². The van der Waals surface area contributed by atoms with Crippen LogP contribution in [-0.4, -0.2) is 36.1 Å². The van der Waals surface area contributed by atoms with E-state index in [0.717, 1.165) is 18.2 Å². The highest BCUT2D eigenvalue weighted by Crippen LogP contribution is 2.19. The minimum absolute atomic E-state index is 0.589. The minimum Gasteiger partial charge on any atom is -0.308 e. The Morgan fingerprint density at radius 3 is 2.82 bits per heavy atom. The lowest BCUT2D eigenvalue weighted by Crippen LogP contribution is -2.40. The molecule has 1 atom stereocenters. The summed E-state index contributed by atoms with van der Waals surface area (Å²) >= 11 is 0. The second kappa shape index (κ2) is 6.12. The van der Waals surface area contributed by atoms with Crippen LogP contribution < -0.4 is 5.32 Å². The van der Waals surface area contributed by atoms with Gasteiger partial charge in [0.05, 0.1) is 5.69 Å². The zero-order chi connectivity index (χ0) is 12.1. The van der Waals surface area contributed by atoms with Gasteiger partial charge in [-0.25, -0.2) is 0 Å². The van der Waals surface area contributed by atoms with E-state index < -0.39 is 0 Å². The van der Waals surface area contributed by atoms with Gasteiger partial charge >= 0.3 is 0 Å². The molecule has 1 unspecified atom stereocenters. The fourth-order valence-corrected chi connectivity index (χ4v) is 2.46. The SMILES string of the molecule is CC(NCc1ccccn1)C1CCN(C)CC1. The second-order valence-corrected chi connectivity index (χ2v) is 5.13. The molecule has 0 radical (unpaired) electrons. The molecule has 0 aromatic carbocycles. The third kappa shape index (κ3) is 3.79. The Kier molecular flexibility index (Phi) is 4.51. The lowest BCUT2D eigenvalue weighted by Gasteiger charge is -2.33. The number of nitrogens with zero attached hydrogens (tertiary/aromatic N) is 2. The van der Waals surface area contributed by atoms with E-state index in [9.17, 15) is 0 Å². The standard InChI is InChI=1S/C14H23N3/c1-12(13-6-9-17(2)10-7-13)16-11-14-5-3-4-8-15-14/h3-5,8,12-13,16H,6-7,9-11H2,1-2H3. The highest BCUT2D eigenvalue weighted by molar-refractivity contribution is 5.03. The summed E-state index contributed by atoms with van der Waals surface area (Å²) in [5.74, 6) is 0.815. The number of pyridine rings is 1. The van der Waals surface area contributed by atoms with E-state index in [4.69, 9.17) is 0 Å². The Bertz CT molecular complexity index is 317. The summed E-state index contributed by atoms with van der Waals surface area (Å²) in [6, 6.07) is 6.67. The first-order valence-electron chi connectivity index (χ1n) is 6.57. The maximum atomic E-state index is 4.34. The van der Waals surface area contributed by atoms with Crippen molar-refractivity contribution >= 4 is 0 Å². The predicted molar refractivity (Wildman–Crippen MR) is 70.8 cm³/mol. The van der Waals surface area contributed by atoms with Crippen molar-refractivity contribution in [1.82, 2.24) is 15.2 Å². The topological polar surface area (TPSA) is 28.2 Å². The number of hydrogen-bond acceptors (Lipinski definition) is 3. The molecule has 1 saturated heterocycles. The van der Waals surface area contributed by atoms with Gasteiger partial charge in [0.25, 0.3) is 0 Å². The monoisotopic (exact) mass is 233 g/mol. The Balaban J connectivity index is 1.75. The number of likely N-dealkylation sites (tertiary alicyclic amines) is 1. The lowest BCUT2D eigenvalue weighted by molar-refractivity contribution is 0.189. The van der Waals surface area contributed by atoms with E-state index >= 15 is 0 Å². The first-order valence-corrected chi connectivity index (χ1v) is 6.57. The van der Waals surface area contributed by atoms with E-state index in [1.54, 1.807) is 0 Å². The van der Waals surface area contributed by atoms with Crippen LogP contribution in [0.15, 0.2) is 24.4 Å². The van der Waals surface area contributed by atoms with Crippen LogP contribution >= 0.6 is 0 Å². The Hall–Kier alpha value is -0.930. The van der Waals surface area contributed by atoms with Gasteiger partial charge in [-0.15, -0.1) is 0 Å².